The van der Waals surface area contributed by atoms with E-state index < -0.39 is 0 Å². The van der Waals surface area contributed by atoms with Gasteiger partial charge in [-0.2, -0.15) is 0 Å². The molecule has 0 bridgehead atoms. The van der Waals surface area contributed by atoms with Gasteiger partial charge in [0.15, 0.2) is 0 Å². The monoisotopic (exact) mass is 158 g/mol. The summed E-state index contributed by atoms with van der Waals surface area (Å²) in [6.45, 7) is 2.39. The molecule has 2 atom stereocenters. The third kappa shape index (κ3) is 2.80. The second-order valence-electron chi connectivity index (χ2n) is 3.28. The van der Waals surface area contributed by atoms with Gasteiger partial charge in [0.05, 0.1) is 18.8 Å². The van der Waals surface area contributed by atoms with Gasteiger partial charge in [-0.15, -0.1) is 0 Å². The van der Waals surface area contributed by atoms with Crippen LogP contribution < -0.4 is 0 Å². The van der Waals surface area contributed by atoms with Crippen LogP contribution in [-0.4, -0.2) is 23.9 Å². The molecule has 66 valence electrons. The molecule has 1 saturated heterocycles. The molecule has 1 heterocycles. The molecular formula is C9H18O2. The molecule has 2 heteroatoms. The first kappa shape index (κ1) is 9.01. The van der Waals surface area contributed by atoms with Crippen LogP contribution in [0.1, 0.15) is 39.0 Å². The molecule has 0 aromatic carbocycles. The van der Waals surface area contributed by atoms with Gasteiger partial charge in [-0.3, -0.25) is 0 Å². The van der Waals surface area contributed by atoms with Crippen LogP contribution in [0.5, 0.6) is 0 Å². The molecule has 1 aliphatic rings. The number of hydrogen-bond donors (Lipinski definition) is 1. The van der Waals surface area contributed by atoms with E-state index in [4.69, 9.17) is 9.84 Å². The van der Waals surface area contributed by atoms with Crippen LogP contribution >= 0.6 is 0 Å². The van der Waals surface area contributed by atoms with Crippen LogP contribution in [0.15, 0.2) is 0 Å². The molecule has 0 radical (unpaired) electrons. The standard InChI is InChI=1S/C9H18O2/c1-2-3-4-8-5-6-9(7-10)11-8/h8-10H,2-7H2,1H3. The molecule has 0 amide bonds. The van der Waals surface area contributed by atoms with E-state index in [1.165, 1.54) is 19.3 Å². The Morgan fingerprint density at radius 1 is 1.36 bits per heavy atom. The Hall–Kier alpha value is -0.0800. The van der Waals surface area contributed by atoms with Crippen LogP contribution in [0, 0.1) is 0 Å². The van der Waals surface area contributed by atoms with Crippen molar-refractivity contribution in [1.29, 1.82) is 0 Å². The Balaban J connectivity index is 2.09. The first-order valence-corrected chi connectivity index (χ1v) is 4.63. The van der Waals surface area contributed by atoms with Crippen LogP contribution in [0.4, 0.5) is 0 Å². The number of ether oxygens (including phenoxy) is 1. The summed E-state index contributed by atoms with van der Waals surface area (Å²) in [6.07, 6.45) is 6.43. The summed E-state index contributed by atoms with van der Waals surface area (Å²) in [4.78, 5) is 0. The van der Waals surface area contributed by atoms with Crippen LogP contribution in [0.25, 0.3) is 0 Å². The van der Waals surface area contributed by atoms with Crippen molar-refractivity contribution in [1.82, 2.24) is 0 Å². The minimum absolute atomic E-state index is 0.136. The Bertz CT molecular complexity index is 104. The van der Waals surface area contributed by atoms with Crippen molar-refractivity contribution in [2.24, 2.45) is 0 Å². The fourth-order valence-electron chi connectivity index (χ4n) is 1.56. The first-order chi connectivity index (χ1) is 5.36. The second-order valence-corrected chi connectivity index (χ2v) is 3.28. The lowest BCUT2D eigenvalue weighted by Gasteiger charge is -2.10. The number of hydrogen-bond acceptors (Lipinski definition) is 2. The average molecular weight is 158 g/mol. The lowest BCUT2D eigenvalue weighted by molar-refractivity contribution is 0.00776. The van der Waals surface area contributed by atoms with Crippen LogP contribution in [0.2, 0.25) is 0 Å². The quantitative estimate of drug-likeness (QED) is 0.675. The Labute approximate surface area is 68.6 Å². The van der Waals surface area contributed by atoms with E-state index in [0.717, 1.165) is 12.8 Å². The molecule has 11 heavy (non-hydrogen) atoms. The van der Waals surface area contributed by atoms with Crippen molar-refractivity contribution < 1.29 is 9.84 Å². The number of unbranched alkanes of at least 4 members (excludes halogenated alkanes) is 1. The summed E-state index contributed by atoms with van der Waals surface area (Å²) in [5, 5.41) is 8.78. The minimum Gasteiger partial charge on any atom is -0.394 e. The molecule has 0 saturated carbocycles. The molecular weight excluding hydrogens is 140 g/mol. The molecule has 0 aliphatic carbocycles. The smallest absolute Gasteiger partial charge is 0.0810 e. The molecule has 2 nitrogen and oxygen atoms in total. The molecule has 0 aromatic rings. The van der Waals surface area contributed by atoms with Gasteiger partial charge in [-0.25, -0.2) is 0 Å². The molecule has 0 aromatic heterocycles. The summed E-state index contributed by atoms with van der Waals surface area (Å²) in [6, 6.07) is 0. The van der Waals surface area contributed by atoms with Gasteiger partial charge < -0.3 is 9.84 Å². The van der Waals surface area contributed by atoms with Gasteiger partial charge in [-0.05, 0) is 19.3 Å². The SMILES string of the molecule is CCCCC1CCC(CO)O1. The fourth-order valence-corrected chi connectivity index (χ4v) is 1.56. The fraction of sp³-hybridized carbons (Fsp3) is 1.00. The lowest BCUT2D eigenvalue weighted by atomic mass is 10.1. The topological polar surface area (TPSA) is 29.5 Å². The Morgan fingerprint density at radius 3 is 2.64 bits per heavy atom. The maximum atomic E-state index is 8.78. The van der Waals surface area contributed by atoms with Crippen molar-refractivity contribution in [2.45, 2.75) is 51.2 Å². The summed E-state index contributed by atoms with van der Waals surface area (Å²) in [7, 11) is 0. The third-order valence-electron chi connectivity index (χ3n) is 2.28. The van der Waals surface area contributed by atoms with Gasteiger partial charge in [0.25, 0.3) is 0 Å². The number of aliphatic hydroxyl groups is 1. The molecule has 0 spiro atoms. The summed E-state index contributed by atoms with van der Waals surface area (Å²) < 4.78 is 5.56. The number of rotatable bonds is 4. The van der Waals surface area contributed by atoms with E-state index in [2.05, 4.69) is 6.92 Å². The average Bonchev–Trinajstić information content (AvgIpc) is 2.48. The lowest BCUT2D eigenvalue weighted by Crippen LogP contribution is -2.14. The van der Waals surface area contributed by atoms with Crippen LogP contribution in [0.3, 0.4) is 0 Å². The van der Waals surface area contributed by atoms with E-state index in [9.17, 15) is 0 Å². The largest absolute Gasteiger partial charge is 0.394 e. The van der Waals surface area contributed by atoms with E-state index in [1.807, 2.05) is 0 Å². The van der Waals surface area contributed by atoms with E-state index in [-0.39, 0.29) is 12.7 Å². The van der Waals surface area contributed by atoms with Crippen molar-refractivity contribution in [3.63, 3.8) is 0 Å². The summed E-state index contributed by atoms with van der Waals surface area (Å²) >= 11 is 0. The predicted molar refractivity (Wildman–Crippen MR) is 44.5 cm³/mol. The highest BCUT2D eigenvalue weighted by molar-refractivity contribution is 4.72. The maximum absolute atomic E-state index is 8.78. The minimum atomic E-state index is 0.136. The third-order valence-corrected chi connectivity index (χ3v) is 2.28. The zero-order valence-electron chi connectivity index (χ0n) is 7.25. The molecule has 2 unspecified atom stereocenters. The molecule has 1 aliphatic heterocycles. The van der Waals surface area contributed by atoms with E-state index in [1.54, 1.807) is 0 Å². The van der Waals surface area contributed by atoms with Crippen molar-refractivity contribution >= 4 is 0 Å². The molecule has 1 fully saturated rings. The van der Waals surface area contributed by atoms with Gasteiger partial charge >= 0.3 is 0 Å². The van der Waals surface area contributed by atoms with E-state index in [0.29, 0.717) is 6.10 Å². The summed E-state index contributed by atoms with van der Waals surface area (Å²) in [5.74, 6) is 0. The molecule has 1 rings (SSSR count). The summed E-state index contributed by atoms with van der Waals surface area (Å²) in [5.41, 5.74) is 0. The van der Waals surface area contributed by atoms with Crippen molar-refractivity contribution in [2.75, 3.05) is 6.61 Å². The highest BCUT2D eigenvalue weighted by Gasteiger charge is 2.23. The Kier molecular flexibility index (Phi) is 3.87. The zero-order chi connectivity index (χ0) is 8.10. The number of aliphatic hydroxyl groups excluding tert-OH is 1. The second kappa shape index (κ2) is 4.73. The molecule has 1 N–H and O–H groups in total. The van der Waals surface area contributed by atoms with E-state index >= 15 is 0 Å². The van der Waals surface area contributed by atoms with Gasteiger partial charge in [0.1, 0.15) is 0 Å². The van der Waals surface area contributed by atoms with Crippen molar-refractivity contribution in [3.05, 3.63) is 0 Å². The highest BCUT2D eigenvalue weighted by Crippen LogP contribution is 2.22. The van der Waals surface area contributed by atoms with Crippen LogP contribution in [-0.2, 0) is 4.74 Å². The predicted octanol–water partition coefficient (Wildman–Crippen LogP) is 1.72. The van der Waals surface area contributed by atoms with Gasteiger partial charge in [-0.1, -0.05) is 19.8 Å². The first-order valence-electron chi connectivity index (χ1n) is 4.63. The Morgan fingerprint density at radius 2 is 2.09 bits per heavy atom. The maximum Gasteiger partial charge on any atom is 0.0810 e. The highest BCUT2D eigenvalue weighted by atomic mass is 16.5. The van der Waals surface area contributed by atoms with Crippen molar-refractivity contribution in [3.8, 4) is 0 Å². The van der Waals surface area contributed by atoms with Gasteiger partial charge in [0, 0.05) is 0 Å². The normalized spacial score (nSPS) is 31.1. The van der Waals surface area contributed by atoms with Gasteiger partial charge in [0.2, 0.25) is 0 Å². The zero-order valence-corrected chi connectivity index (χ0v) is 7.25.